The summed E-state index contributed by atoms with van der Waals surface area (Å²) in [4.78, 5) is 8.24. The predicted octanol–water partition coefficient (Wildman–Crippen LogP) is 2.34. The van der Waals surface area contributed by atoms with Gasteiger partial charge in [-0.25, -0.2) is 4.98 Å². The van der Waals surface area contributed by atoms with Crippen LogP contribution in [-0.4, -0.2) is 9.97 Å². The number of aryl methyl sites for hydroxylation is 1. The maximum Gasteiger partial charge on any atom is 0.227 e. The SMILES string of the molecule is Cc1nc(N)c(C)c(Oc2ccc(C#N)cc2)n1. The third-order valence-corrected chi connectivity index (χ3v) is 2.45. The number of hydrogen-bond acceptors (Lipinski definition) is 5. The van der Waals surface area contributed by atoms with E-state index in [0.717, 1.165) is 0 Å². The summed E-state index contributed by atoms with van der Waals surface area (Å²) in [6.45, 7) is 3.55. The first-order chi connectivity index (χ1) is 8.60. The fraction of sp³-hybridized carbons (Fsp3) is 0.154. The van der Waals surface area contributed by atoms with Crippen molar-refractivity contribution in [2.75, 3.05) is 5.73 Å². The Bertz CT molecular complexity index is 614. The fourth-order valence-corrected chi connectivity index (χ4v) is 1.43. The lowest BCUT2D eigenvalue weighted by Crippen LogP contribution is -2.02. The first-order valence-corrected chi connectivity index (χ1v) is 5.39. The van der Waals surface area contributed by atoms with Crippen molar-refractivity contribution in [1.29, 1.82) is 5.26 Å². The summed E-state index contributed by atoms with van der Waals surface area (Å²) in [6.07, 6.45) is 0. The van der Waals surface area contributed by atoms with E-state index in [0.29, 0.717) is 34.4 Å². The van der Waals surface area contributed by atoms with Crippen LogP contribution in [0.5, 0.6) is 11.6 Å². The van der Waals surface area contributed by atoms with Crippen LogP contribution in [0.2, 0.25) is 0 Å². The molecular formula is C13H12N4O. The van der Waals surface area contributed by atoms with Gasteiger partial charge >= 0.3 is 0 Å². The Morgan fingerprint density at radius 3 is 2.44 bits per heavy atom. The molecule has 0 unspecified atom stereocenters. The molecule has 0 spiro atoms. The van der Waals surface area contributed by atoms with E-state index in [2.05, 4.69) is 9.97 Å². The molecule has 0 saturated carbocycles. The number of nitriles is 1. The molecule has 1 aromatic carbocycles. The van der Waals surface area contributed by atoms with Crippen molar-refractivity contribution >= 4 is 5.82 Å². The highest BCUT2D eigenvalue weighted by Crippen LogP contribution is 2.25. The summed E-state index contributed by atoms with van der Waals surface area (Å²) in [5.41, 5.74) is 7.03. The van der Waals surface area contributed by atoms with Gasteiger partial charge in [0.15, 0.2) is 0 Å². The van der Waals surface area contributed by atoms with Gasteiger partial charge in [0.2, 0.25) is 5.88 Å². The molecule has 0 aliphatic heterocycles. The van der Waals surface area contributed by atoms with E-state index in [1.807, 2.05) is 6.07 Å². The third-order valence-electron chi connectivity index (χ3n) is 2.45. The van der Waals surface area contributed by atoms with Crippen molar-refractivity contribution in [3.8, 4) is 17.7 Å². The molecule has 0 radical (unpaired) electrons. The van der Waals surface area contributed by atoms with E-state index in [9.17, 15) is 0 Å². The second-order valence-corrected chi connectivity index (χ2v) is 3.82. The van der Waals surface area contributed by atoms with E-state index in [1.54, 1.807) is 38.1 Å². The Balaban J connectivity index is 2.31. The minimum absolute atomic E-state index is 0.408. The molecule has 0 fully saturated rings. The molecule has 2 rings (SSSR count). The van der Waals surface area contributed by atoms with E-state index in [-0.39, 0.29) is 0 Å². The van der Waals surface area contributed by atoms with Crippen molar-refractivity contribution in [2.24, 2.45) is 0 Å². The van der Waals surface area contributed by atoms with Crippen LogP contribution in [0.15, 0.2) is 24.3 Å². The first kappa shape index (κ1) is 11.9. The molecule has 5 nitrogen and oxygen atoms in total. The van der Waals surface area contributed by atoms with Gasteiger partial charge in [-0.2, -0.15) is 10.2 Å². The van der Waals surface area contributed by atoms with E-state index >= 15 is 0 Å². The van der Waals surface area contributed by atoms with Crippen LogP contribution in [0.1, 0.15) is 17.0 Å². The summed E-state index contributed by atoms with van der Waals surface area (Å²) >= 11 is 0. The second kappa shape index (κ2) is 4.72. The number of nitrogen functional groups attached to an aromatic ring is 1. The van der Waals surface area contributed by atoms with Crippen LogP contribution in [0.3, 0.4) is 0 Å². The number of nitrogens with zero attached hydrogens (tertiary/aromatic N) is 3. The van der Waals surface area contributed by atoms with Gasteiger partial charge in [0.1, 0.15) is 17.4 Å². The molecule has 0 saturated heterocycles. The zero-order chi connectivity index (χ0) is 13.1. The first-order valence-electron chi connectivity index (χ1n) is 5.39. The normalized spacial score (nSPS) is 9.83. The molecule has 1 aromatic heterocycles. The molecule has 5 heteroatoms. The maximum absolute atomic E-state index is 8.71. The van der Waals surface area contributed by atoms with Crippen molar-refractivity contribution in [2.45, 2.75) is 13.8 Å². The molecule has 90 valence electrons. The van der Waals surface area contributed by atoms with Gasteiger partial charge in [0.25, 0.3) is 0 Å². The van der Waals surface area contributed by atoms with Gasteiger partial charge in [-0.05, 0) is 38.1 Å². The zero-order valence-electron chi connectivity index (χ0n) is 10.1. The summed E-state index contributed by atoms with van der Waals surface area (Å²) in [5, 5.41) is 8.71. The Labute approximate surface area is 105 Å². The number of aromatic nitrogens is 2. The number of ether oxygens (including phenoxy) is 1. The van der Waals surface area contributed by atoms with Crippen molar-refractivity contribution in [3.05, 3.63) is 41.2 Å². The molecule has 0 bridgehead atoms. The van der Waals surface area contributed by atoms with Gasteiger partial charge in [0, 0.05) is 0 Å². The molecule has 0 amide bonds. The summed E-state index contributed by atoms with van der Waals surface area (Å²) in [6, 6.07) is 8.84. The highest BCUT2D eigenvalue weighted by Gasteiger charge is 2.08. The van der Waals surface area contributed by atoms with Gasteiger partial charge in [-0.3, -0.25) is 0 Å². The van der Waals surface area contributed by atoms with Crippen LogP contribution in [0.4, 0.5) is 5.82 Å². The Hall–Kier alpha value is -2.61. The molecule has 0 aliphatic carbocycles. The van der Waals surface area contributed by atoms with Crippen LogP contribution in [-0.2, 0) is 0 Å². The Kier molecular flexibility index (Phi) is 3.11. The Morgan fingerprint density at radius 1 is 1.17 bits per heavy atom. The lowest BCUT2D eigenvalue weighted by atomic mass is 10.2. The second-order valence-electron chi connectivity index (χ2n) is 3.82. The maximum atomic E-state index is 8.71. The van der Waals surface area contributed by atoms with Gasteiger partial charge < -0.3 is 10.5 Å². The quantitative estimate of drug-likeness (QED) is 0.870. The van der Waals surface area contributed by atoms with Gasteiger partial charge in [-0.15, -0.1) is 0 Å². The van der Waals surface area contributed by atoms with Gasteiger partial charge in [0.05, 0.1) is 17.2 Å². The van der Waals surface area contributed by atoms with Gasteiger partial charge in [-0.1, -0.05) is 0 Å². The van der Waals surface area contributed by atoms with Crippen LogP contribution < -0.4 is 10.5 Å². The third kappa shape index (κ3) is 2.38. The van der Waals surface area contributed by atoms with Crippen molar-refractivity contribution in [1.82, 2.24) is 9.97 Å². The van der Waals surface area contributed by atoms with Crippen LogP contribution in [0, 0.1) is 25.2 Å². The van der Waals surface area contributed by atoms with E-state index < -0.39 is 0 Å². The van der Waals surface area contributed by atoms with E-state index in [4.69, 9.17) is 15.7 Å². The molecule has 0 aliphatic rings. The van der Waals surface area contributed by atoms with Crippen molar-refractivity contribution < 1.29 is 4.74 Å². The Morgan fingerprint density at radius 2 is 1.83 bits per heavy atom. The topological polar surface area (TPSA) is 84.8 Å². The molecular weight excluding hydrogens is 228 g/mol. The highest BCUT2D eigenvalue weighted by molar-refractivity contribution is 5.46. The lowest BCUT2D eigenvalue weighted by Gasteiger charge is -2.09. The van der Waals surface area contributed by atoms with E-state index in [1.165, 1.54) is 0 Å². The average Bonchev–Trinajstić information content (AvgIpc) is 2.36. The number of hydrogen-bond donors (Lipinski definition) is 1. The monoisotopic (exact) mass is 240 g/mol. The number of benzene rings is 1. The van der Waals surface area contributed by atoms with Crippen LogP contribution in [0.25, 0.3) is 0 Å². The molecule has 2 aromatic rings. The number of anilines is 1. The molecule has 1 heterocycles. The molecule has 0 atom stereocenters. The largest absolute Gasteiger partial charge is 0.439 e. The lowest BCUT2D eigenvalue weighted by molar-refractivity contribution is 0.456. The predicted molar refractivity (Wildman–Crippen MR) is 67.1 cm³/mol. The zero-order valence-corrected chi connectivity index (χ0v) is 10.1. The molecule has 2 N–H and O–H groups in total. The number of nitrogens with two attached hydrogens (primary N) is 1. The smallest absolute Gasteiger partial charge is 0.227 e. The standard InChI is InChI=1S/C13H12N4O/c1-8-12(15)16-9(2)17-13(8)18-11-5-3-10(7-14)4-6-11/h3-6H,1-2H3,(H2,15,16,17). The summed E-state index contributed by atoms with van der Waals surface area (Å²) in [7, 11) is 0. The minimum atomic E-state index is 0.408. The van der Waals surface area contributed by atoms with Crippen LogP contribution >= 0.6 is 0 Å². The summed E-state index contributed by atoms with van der Waals surface area (Å²) in [5.74, 6) is 2.01. The highest BCUT2D eigenvalue weighted by atomic mass is 16.5. The average molecular weight is 240 g/mol. The fourth-order valence-electron chi connectivity index (χ4n) is 1.43. The summed E-state index contributed by atoms with van der Waals surface area (Å²) < 4.78 is 5.63. The molecule has 18 heavy (non-hydrogen) atoms. The number of rotatable bonds is 2. The minimum Gasteiger partial charge on any atom is -0.439 e. The van der Waals surface area contributed by atoms with Crippen molar-refractivity contribution in [3.63, 3.8) is 0 Å².